The van der Waals surface area contributed by atoms with Crippen molar-refractivity contribution < 1.29 is 9.47 Å². The number of rotatable bonds is 4. The van der Waals surface area contributed by atoms with E-state index in [0.717, 1.165) is 28.3 Å². The average molecular weight is 349 g/mol. The maximum Gasteiger partial charge on any atom is 0.231 e. The molecule has 0 spiro atoms. The third kappa shape index (κ3) is 3.06. The predicted octanol–water partition coefficient (Wildman–Crippen LogP) is 3.89. The van der Waals surface area contributed by atoms with Crippen molar-refractivity contribution in [2.24, 2.45) is 0 Å². The summed E-state index contributed by atoms with van der Waals surface area (Å²) in [6, 6.07) is 11.8. The van der Waals surface area contributed by atoms with Crippen LogP contribution in [0.15, 0.2) is 42.7 Å². The molecule has 1 aliphatic heterocycles. The van der Waals surface area contributed by atoms with Crippen molar-refractivity contribution in [3.05, 3.63) is 53.9 Å². The molecule has 0 unspecified atom stereocenters. The fourth-order valence-electron chi connectivity index (χ4n) is 2.70. The lowest BCUT2D eigenvalue weighted by atomic mass is 10.1. The van der Waals surface area contributed by atoms with E-state index in [1.807, 2.05) is 32.0 Å². The summed E-state index contributed by atoms with van der Waals surface area (Å²) in [7, 11) is 0. The Bertz CT molecular complexity index is 974. The molecule has 1 aromatic heterocycles. The van der Waals surface area contributed by atoms with Gasteiger partial charge in [0.05, 0.1) is 0 Å². The topological polar surface area (TPSA) is 94.3 Å². The highest BCUT2D eigenvalue weighted by Crippen LogP contribution is 2.36. The number of hydrogen-bond donors (Lipinski definition) is 3. The fraction of sp³-hybridized carbons (Fsp3) is 0.158. The van der Waals surface area contributed by atoms with Crippen LogP contribution in [0, 0.1) is 13.8 Å². The zero-order valence-electron chi connectivity index (χ0n) is 14.5. The van der Waals surface area contributed by atoms with Gasteiger partial charge >= 0.3 is 0 Å². The number of anilines is 5. The smallest absolute Gasteiger partial charge is 0.231 e. The Morgan fingerprint density at radius 2 is 1.69 bits per heavy atom. The Morgan fingerprint density at radius 1 is 0.923 bits per heavy atom. The summed E-state index contributed by atoms with van der Waals surface area (Å²) in [5, 5.41) is 6.49. The van der Waals surface area contributed by atoms with Crippen LogP contribution in [0.4, 0.5) is 28.7 Å². The van der Waals surface area contributed by atoms with Crippen LogP contribution in [-0.4, -0.2) is 16.8 Å². The predicted molar refractivity (Wildman–Crippen MR) is 101 cm³/mol. The van der Waals surface area contributed by atoms with Crippen LogP contribution >= 0.6 is 0 Å². The van der Waals surface area contributed by atoms with Gasteiger partial charge in [-0.25, -0.2) is 9.97 Å². The molecule has 1 aliphatic rings. The highest BCUT2D eigenvalue weighted by atomic mass is 16.7. The van der Waals surface area contributed by atoms with E-state index in [1.54, 1.807) is 0 Å². The number of aromatic nitrogens is 2. The summed E-state index contributed by atoms with van der Waals surface area (Å²) in [6.45, 7) is 4.31. The minimum absolute atomic E-state index is 0.234. The number of nitrogens with zero attached hydrogens (tertiary/aromatic N) is 2. The number of nitrogen functional groups attached to an aromatic ring is 1. The number of nitrogens with two attached hydrogens (primary N) is 1. The molecule has 3 aromatic rings. The van der Waals surface area contributed by atoms with Gasteiger partial charge < -0.3 is 25.8 Å². The van der Waals surface area contributed by atoms with Gasteiger partial charge in [0.25, 0.3) is 0 Å². The van der Waals surface area contributed by atoms with Crippen molar-refractivity contribution >= 4 is 28.7 Å². The molecule has 4 rings (SSSR count). The first-order valence-electron chi connectivity index (χ1n) is 8.21. The zero-order valence-corrected chi connectivity index (χ0v) is 14.5. The van der Waals surface area contributed by atoms with Gasteiger partial charge in [-0.1, -0.05) is 12.1 Å². The lowest BCUT2D eigenvalue weighted by molar-refractivity contribution is 0.174. The molecule has 0 bridgehead atoms. The monoisotopic (exact) mass is 349 g/mol. The van der Waals surface area contributed by atoms with Crippen LogP contribution in [-0.2, 0) is 0 Å². The van der Waals surface area contributed by atoms with E-state index < -0.39 is 0 Å². The summed E-state index contributed by atoms with van der Waals surface area (Å²) < 4.78 is 10.7. The van der Waals surface area contributed by atoms with Crippen molar-refractivity contribution in [3.63, 3.8) is 0 Å². The molecule has 0 atom stereocenters. The van der Waals surface area contributed by atoms with Crippen LogP contribution in [0.1, 0.15) is 11.1 Å². The van der Waals surface area contributed by atoms with Gasteiger partial charge in [0.2, 0.25) is 6.79 Å². The van der Waals surface area contributed by atoms with Crippen LogP contribution in [0.2, 0.25) is 0 Å². The van der Waals surface area contributed by atoms with Gasteiger partial charge in [0.1, 0.15) is 12.0 Å². The van der Waals surface area contributed by atoms with Crippen molar-refractivity contribution in [2.75, 3.05) is 23.2 Å². The number of fused-ring (bicyclic) bond motifs is 1. The quantitative estimate of drug-likeness (QED) is 0.658. The Kier molecular flexibility index (Phi) is 3.96. The Hall–Kier alpha value is -3.48. The number of aryl methyl sites for hydroxylation is 2. The van der Waals surface area contributed by atoms with E-state index in [4.69, 9.17) is 15.2 Å². The molecule has 2 heterocycles. The SMILES string of the molecule is Cc1ccc(C)c(Nc2ncnc(Nc3ccc4c(c3)OCO4)c2N)c1. The summed E-state index contributed by atoms with van der Waals surface area (Å²) in [6.07, 6.45) is 1.47. The Labute approximate surface area is 151 Å². The molecule has 132 valence electrons. The summed E-state index contributed by atoms with van der Waals surface area (Å²) in [5.74, 6) is 2.49. The molecule has 0 saturated heterocycles. The largest absolute Gasteiger partial charge is 0.454 e. The molecule has 0 fully saturated rings. The molecule has 2 aromatic carbocycles. The molecular weight excluding hydrogens is 330 g/mol. The van der Waals surface area contributed by atoms with Crippen molar-refractivity contribution in [1.29, 1.82) is 0 Å². The lowest BCUT2D eigenvalue weighted by Gasteiger charge is -2.14. The first-order valence-corrected chi connectivity index (χ1v) is 8.21. The maximum atomic E-state index is 6.27. The molecular formula is C19H19N5O2. The molecule has 0 amide bonds. The van der Waals surface area contributed by atoms with E-state index in [9.17, 15) is 0 Å². The van der Waals surface area contributed by atoms with E-state index in [1.165, 1.54) is 6.33 Å². The van der Waals surface area contributed by atoms with Crippen LogP contribution in [0.5, 0.6) is 11.5 Å². The average Bonchev–Trinajstić information content (AvgIpc) is 3.09. The highest BCUT2D eigenvalue weighted by Gasteiger charge is 2.15. The van der Waals surface area contributed by atoms with E-state index in [0.29, 0.717) is 23.1 Å². The normalized spacial score (nSPS) is 12.1. The minimum Gasteiger partial charge on any atom is -0.454 e. The lowest BCUT2D eigenvalue weighted by Crippen LogP contribution is -2.06. The van der Waals surface area contributed by atoms with E-state index in [2.05, 4.69) is 38.8 Å². The Morgan fingerprint density at radius 3 is 2.54 bits per heavy atom. The molecule has 0 aliphatic carbocycles. The summed E-state index contributed by atoms with van der Waals surface area (Å²) >= 11 is 0. The Balaban J connectivity index is 1.60. The second-order valence-electron chi connectivity index (χ2n) is 6.12. The van der Waals surface area contributed by atoms with Gasteiger partial charge in [-0.15, -0.1) is 0 Å². The zero-order chi connectivity index (χ0) is 18.1. The second kappa shape index (κ2) is 6.44. The standard InChI is InChI=1S/C19H19N5O2/c1-11-3-4-12(2)14(7-11)24-19-17(20)18(21-9-22-19)23-13-5-6-15-16(8-13)26-10-25-15/h3-9H,10,20H2,1-2H3,(H2,21,22,23,24). The van der Waals surface area contributed by atoms with Gasteiger partial charge in [-0.3, -0.25) is 0 Å². The van der Waals surface area contributed by atoms with E-state index >= 15 is 0 Å². The third-order valence-corrected chi connectivity index (χ3v) is 4.17. The molecule has 7 heteroatoms. The van der Waals surface area contributed by atoms with Gasteiger partial charge in [-0.05, 0) is 43.2 Å². The van der Waals surface area contributed by atoms with E-state index in [-0.39, 0.29) is 6.79 Å². The number of hydrogen-bond acceptors (Lipinski definition) is 7. The number of ether oxygens (including phenoxy) is 2. The first kappa shape index (κ1) is 16.0. The number of nitrogens with one attached hydrogen (secondary N) is 2. The van der Waals surface area contributed by atoms with Crippen molar-refractivity contribution in [3.8, 4) is 11.5 Å². The van der Waals surface area contributed by atoms with Crippen LogP contribution < -0.4 is 25.8 Å². The van der Waals surface area contributed by atoms with Crippen LogP contribution in [0.25, 0.3) is 0 Å². The molecule has 26 heavy (non-hydrogen) atoms. The highest BCUT2D eigenvalue weighted by molar-refractivity contribution is 5.81. The summed E-state index contributed by atoms with van der Waals surface area (Å²) in [5.41, 5.74) is 10.7. The van der Waals surface area contributed by atoms with Crippen molar-refractivity contribution in [2.45, 2.75) is 13.8 Å². The molecule has 7 nitrogen and oxygen atoms in total. The van der Waals surface area contributed by atoms with Gasteiger partial charge in [0, 0.05) is 17.4 Å². The molecule has 4 N–H and O–H groups in total. The first-order chi connectivity index (χ1) is 12.6. The maximum absolute atomic E-state index is 6.27. The number of benzene rings is 2. The molecule has 0 saturated carbocycles. The second-order valence-corrected chi connectivity index (χ2v) is 6.12. The fourth-order valence-corrected chi connectivity index (χ4v) is 2.70. The van der Waals surface area contributed by atoms with Crippen LogP contribution in [0.3, 0.4) is 0 Å². The summed E-state index contributed by atoms with van der Waals surface area (Å²) in [4.78, 5) is 8.52. The molecule has 0 radical (unpaired) electrons. The van der Waals surface area contributed by atoms with Gasteiger partial charge in [-0.2, -0.15) is 0 Å². The van der Waals surface area contributed by atoms with Gasteiger partial charge in [0.15, 0.2) is 23.1 Å². The third-order valence-electron chi connectivity index (χ3n) is 4.17. The minimum atomic E-state index is 0.234. The van der Waals surface area contributed by atoms with Crippen molar-refractivity contribution in [1.82, 2.24) is 9.97 Å².